The molecule has 18 heavy (non-hydrogen) atoms. The van der Waals surface area contributed by atoms with E-state index < -0.39 is 15.7 Å². The van der Waals surface area contributed by atoms with E-state index in [0.717, 1.165) is 13.1 Å². The lowest BCUT2D eigenvalue weighted by molar-refractivity contribution is -0.117. The van der Waals surface area contributed by atoms with Crippen molar-refractivity contribution in [3.05, 3.63) is 0 Å². The second kappa shape index (κ2) is 6.49. The summed E-state index contributed by atoms with van der Waals surface area (Å²) < 4.78 is 23.4. The Morgan fingerprint density at radius 2 is 1.83 bits per heavy atom. The van der Waals surface area contributed by atoms with Gasteiger partial charge in [-0.3, -0.25) is 9.69 Å². The number of nitrogens with one attached hydrogen (secondary N) is 1. The molecule has 106 valence electrons. The number of piperazine rings is 1. The van der Waals surface area contributed by atoms with Crippen molar-refractivity contribution in [1.29, 1.82) is 0 Å². The Kier molecular flexibility index (Phi) is 5.55. The minimum atomic E-state index is -3.17. The normalized spacial score (nSPS) is 26.1. The molecule has 0 spiro atoms. The van der Waals surface area contributed by atoms with Gasteiger partial charge >= 0.3 is 0 Å². The van der Waals surface area contributed by atoms with Gasteiger partial charge in [-0.1, -0.05) is 0 Å². The second-order valence-electron chi connectivity index (χ2n) is 5.10. The van der Waals surface area contributed by atoms with E-state index in [4.69, 9.17) is 5.73 Å². The summed E-state index contributed by atoms with van der Waals surface area (Å²) in [6.07, 6.45) is -0.0866. The molecule has 1 saturated heterocycles. The molecule has 1 aliphatic heterocycles. The zero-order valence-corrected chi connectivity index (χ0v) is 11.9. The minimum absolute atomic E-state index is 0.0866. The van der Waals surface area contributed by atoms with Crippen molar-refractivity contribution in [2.24, 2.45) is 5.73 Å². The second-order valence-corrected chi connectivity index (χ2v) is 7.40. The Hall–Kier alpha value is -0.660. The number of sulfone groups is 1. The van der Waals surface area contributed by atoms with Gasteiger partial charge in [-0.25, -0.2) is 8.42 Å². The highest BCUT2D eigenvalue weighted by Crippen LogP contribution is 2.05. The molecule has 0 radical (unpaired) electrons. The van der Waals surface area contributed by atoms with Crippen molar-refractivity contribution in [2.75, 3.05) is 31.1 Å². The predicted octanol–water partition coefficient (Wildman–Crippen LogP) is -1.04. The number of hydrogen-bond donors (Lipinski definition) is 2. The zero-order valence-electron chi connectivity index (χ0n) is 11.1. The molecule has 1 heterocycles. The van der Waals surface area contributed by atoms with E-state index in [1.807, 2.05) is 0 Å². The lowest BCUT2D eigenvalue weighted by atomic mass is 10.1. The zero-order chi connectivity index (χ0) is 13.8. The van der Waals surface area contributed by atoms with Crippen LogP contribution in [0.4, 0.5) is 0 Å². The molecular weight excluding hydrogens is 254 g/mol. The number of carbonyl (C=O) groups excluding carboxylic acids is 1. The van der Waals surface area contributed by atoms with Crippen LogP contribution in [0.15, 0.2) is 0 Å². The van der Waals surface area contributed by atoms with Crippen LogP contribution in [0.25, 0.3) is 0 Å². The van der Waals surface area contributed by atoms with Crippen LogP contribution in [-0.2, 0) is 14.6 Å². The monoisotopic (exact) mass is 277 g/mol. The first-order chi connectivity index (χ1) is 8.28. The first-order valence-electron chi connectivity index (χ1n) is 6.25. The molecule has 1 fully saturated rings. The molecule has 2 unspecified atom stereocenters. The van der Waals surface area contributed by atoms with Gasteiger partial charge in [0, 0.05) is 38.1 Å². The Morgan fingerprint density at radius 1 is 1.28 bits per heavy atom. The van der Waals surface area contributed by atoms with Crippen LogP contribution < -0.4 is 11.1 Å². The van der Waals surface area contributed by atoms with E-state index in [1.165, 1.54) is 0 Å². The Labute approximate surface area is 109 Å². The van der Waals surface area contributed by atoms with Crippen LogP contribution in [0.5, 0.6) is 0 Å². The van der Waals surface area contributed by atoms with Crippen molar-refractivity contribution in [3.8, 4) is 0 Å². The van der Waals surface area contributed by atoms with E-state index in [0.29, 0.717) is 18.6 Å². The van der Waals surface area contributed by atoms with E-state index in [-0.39, 0.29) is 17.9 Å². The topological polar surface area (TPSA) is 92.5 Å². The van der Waals surface area contributed by atoms with Gasteiger partial charge in [-0.2, -0.15) is 0 Å². The summed E-state index contributed by atoms with van der Waals surface area (Å²) in [5.74, 6) is -0.609. The maximum absolute atomic E-state index is 11.7. The highest BCUT2D eigenvalue weighted by Gasteiger charge is 2.22. The molecule has 0 aromatic heterocycles. The molecule has 7 heteroatoms. The van der Waals surface area contributed by atoms with Crippen molar-refractivity contribution < 1.29 is 13.2 Å². The lowest BCUT2D eigenvalue weighted by Crippen LogP contribution is -2.54. The average Bonchev–Trinajstić information content (AvgIpc) is 2.23. The van der Waals surface area contributed by atoms with Crippen LogP contribution in [0.3, 0.4) is 0 Å². The molecule has 0 aromatic rings. The summed E-state index contributed by atoms with van der Waals surface area (Å²) in [5.41, 5.74) is 4.95. The van der Waals surface area contributed by atoms with Crippen LogP contribution in [0, 0.1) is 0 Å². The van der Waals surface area contributed by atoms with Crippen molar-refractivity contribution >= 4 is 15.7 Å². The van der Waals surface area contributed by atoms with Crippen molar-refractivity contribution in [3.63, 3.8) is 0 Å². The van der Waals surface area contributed by atoms with Crippen LogP contribution >= 0.6 is 0 Å². The number of carbonyl (C=O) groups is 1. The first kappa shape index (κ1) is 15.4. The third-order valence-electron chi connectivity index (χ3n) is 3.01. The predicted molar refractivity (Wildman–Crippen MR) is 71.0 cm³/mol. The van der Waals surface area contributed by atoms with Crippen molar-refractivity contribution in [1.82, 2.24) is 10.2 Å². The Bertz CT molecular complexity index is 373. The van der Waals surface area contributed by atoms with Gasteiger partial charge in [0.2, 0.25) is 5.91 Å². The average molecular weight is 277 g/mol. The van der Waals surface area contributed by atoms with E-state index >= 15 is 0 Å². The number of nitrogens with two attached hydrogens (primary N) is 1. The Morgan fingerprint density at radius 3 is 2.33 bits per heavy atom. The maximum atomic E-state index is 11.7. The third-order valence-corrected chi connectivity index (χ3v) is 4.64. The van der Waals surface area contributed by atoms with E-state index in [2.05, 4.69) is 24.1 Å². The quantitative estimate of drug-likeness (QED) is 0.647. The lowest BCUT2D eigenvalue weighted by Gasteiger charge is -2.36. The van der Waals surface area contributed by atoms with Gasteiger partial charge in [0.05, 0.1) is 11.5 Å². The summed E-state index contributed by atoms with van der Waals surface area (Å²) in [4.78, 5) is 12.7. The number of hydrogen-bond acceptors (Lipinski definition) is 5. The van der Waals surface area contributed by atoms with Gasteiger partial charge < -0.3 is 11.1 Å². The van der Waals surface area contributed by atoms with E-state index in [9.17, 15) is 13.2 Å². The summed E-state index contributed by atoms with van der Waals surface area (Å²) in [6.45, 7) is 6.41. The maximum Gasteiger partial charge on any atom is 0.218 e. The molecule has 0 aromatic carbocycles. The molecule has 1 aliphatic rings. The molecule has 1 amide bonds. The van der Waals surface area contributed by atoms with Gasteiger partial charge in [0.25, 0.3) is 0 Å². The van der Waals surface area contributed by atoms with Crippen LogP contribution in [-0.4, -0.2) is 62.4 Å². The number of primary amides is 1. The fourth-order valence-electron chi connectivity index (χ4n) is 2.25. The molecule has 0 saturated carbocycles. The Balaban J connectivity index is 2.37. The van der Waals surface area contributed by atoms with Gasteiger partial charge in [-0.05, 0) is 13.8 Å². The van der Waals surface area contributed by atoms with Crippen LogP contribution in [0.1, 0.15) is 20.3 Å². The fourth-order valence-corrected chi connectivity index (χ4v) is 3.50. The summed E-state index contributed by atoms with van der Waals surface area (Å²) in [6, 6.07) is 0.754. The summed E-state index contributed by atoms with van der Waals surface area (Å²) in [7, 11) is -3.17. The SMILES string of the molecule is CC1CN(CCS(=O)(=O)CCC(N)=O)CC(C)N1. The number of amides is 1. The van der Waals surface area contributed by atoms with Gasteiger partial charge in [0.1, 0.15) is 0 Å². The van der Waals surface area contributed by atoms with Gasteiger partial charge in [-0.15, -0.1) is 0 Å². The highest BCUT2D eigenvalue weighted by molar-refractivity contribution is 7.91. The van der Waals surface area contributed by atoms with Crippen molar-refractivity contribution in [2.45, 2.75) is 32.4 Å². The standard InChI is InChI=1S/C11H23N3O3S/c1-9-7-14(8-10(2)13-9)4-6-18(16,17)5-3-11(12)15/h9-10,13H,3-8H2,1-2H3,(H2,12,15). The molecule has 0 bridgehead atoms. The number of nitrogens with zero attached hydrogens (tertiary/aromatic N) is 1. The smallest absolute Gasteiger partial charge is 0.218 e. The third kappa shape index (κ3) is 5.79. The first-order valence-corrected chi connectivity index (χ1v) is 8.08. The molecule has 2 atom stereocenters. The summed E-state index contributed by atoms with van der Waals surface area (Å²) in [5, 5.41) is 3.39. The van der Waals surface area contributed by atoms with Gasteiger partial charge in [0.15, 0.2) is 9.84 Å². The highest BCUT2D eigenvalue weighted by atomic mass is 32.2. The molecule has 0 aliphatic carbocycles. The largest absolute Gasteiger partial charge is 0.370 e. The molecular formula is C11H23N3O3S. The molecule has 3 N–H and O–H groups in total. The molecule has 6 nitrogen and oxygen atoms in total. The fraction of sp³-hybridized carbons (Fsp3) is 0.909. The van der Waals surface area contributed by atoms with E-state index in [1.54, 1.807) is 0 Å². The van der Waals surface area contributed by atoms with Crippen LogP contribution in [0.2, 0.25) is 0 Å². The molecule has 1 rings (SSSR count). The summed E-state index contributed by atoms with van der Waals surface area (Å²) >= 11 is 0. The number of rotatable bonds is 6. The minimum Gasteiger partial charge on any atom is -0.370 e.